The Morgan fingerprint density at radius 2 is 2.35 bits per heavy atom. The number of carbonyl (C=O) groups excluding carboxylic acids is 1. The van der Waals surface area contributed by atoms with Crippen molar-refractivity contribution in [2.45, 2.75) is 13.0 Å². The van der Waals surface area contributed by atoms with Gasteiger partial charge in [0.25, 0.3) is 0 Å². The highest BCUT2D eigenvalue weighted by Crippen LogP contribution is 2.10. The molecule has 0 spiro atoms. The van der Waals surface area contributed by atoms with E-state index in [-0.39, 0.29) is 5.91 Å². The molecule has 0 fully saturated rings. The third kappa shape index (κ3) is 4.26. The molecule has 0 radical (unpaired) electrons. The lowest BCUT2D eigenvalue weighted by molar-refractivity contribution is -0.116. The SMILES string of the molecule is NCC#Cc1cccc(NC(=O)CCn2ccnc2)c1. The fourth-order valence-corrected chi connectivity index (χ4v) is 1.70. The van der Waals surface area contributed by atoms with Crippen LogP contribution in [0.15, 0.2) is 43.0 Å². The second-order valence-corrected chi connectivity index (χ2v) is 4.19. The van der Waals surface area contributed by atoms with Crippen molar-refractivity contribution in [2.75, 3.05) is 11.9 Å². The summed E-state index contributed by atoms with van der Waals surface area (Å²) in [6.07, 6.45) is 5.61. The molecular weight excluding hydrogens is 252 g/mol. The minimum Gasteiger partial charge on any atom is -0.337 e. The lowest BCUT2D eigenvalue weighted by Crippen LogP contribution is -2.14. The van der Waals surface area contributed by atoms with E-state index in [2.05, 4.69) is 22.1 Å². The first kappa shape index (κ1) is 13.8. The monoisotopic (exact) mass is 268 g/mol. The fraction of sp³-hybridized carbons (Fsp3) is 0.200. The highest BCUT2D eigenvalue weighted by molar-refractivity contribution is 5.90. The summed E-state index contributed by atoms with van der Waals surface area (Å²) in [5, 5.41) is 2.85. The predicted molar refractivity (Wildman–Crippen MR) is 77.8 cm³/mol. The van der Waals surface area contributed by atoms with Gasteiger partial charge in [-0.1, -0.05) is 17.9 Å². The highest BCUT2D eigenvalue weighted by atomic mass is 16.1. The van der Waals surface area contributed by atoms with Crippen molar-refractivity contribution in [1.29, 1.82) is 0 Å². The Labute approximate surface area is 117 Å². The van der Waals surface area contributed by atoms with Gasteiger partial charge >= 0.3 is 0 Å². The molecule has 0 saturated heterocycles. The third-order valence-electron chi connectivity index (χ3n) is 2.64. The molecule has 0 bridgehead atoms. The van der Waals surface area contributed by atoms with Crippen molar-refractivity contribution in [3.8, 4) is 11.8 Å². The Hall–Kier alpha value is -2.58. The number of hydrogen-bond acceptors (Lipinski definition) is 3. The van der Waals surface area contributed by atoms with E-state index in [1.54, 1.807) is 12.5 Å². The van der Waals surface area contributed by atoms with Crippen LogP contribution < -0.4 is 11.1 Å². The molecule has 20 heavy (non-hydrogen) atoms. The number of amides is 1. The maximum absolute atomic E-state index is 11.8. The van der Waals surface area contributed by atoms with Crippen molar-refractivity contribution in [2.24, 2.45) is 5.73 Å². The topological polar surface area (TPSA) is 72.9 Å². The van der Waals surface area contributed by atoms with Crippen LogP contribution in [-0.2, 0) is 11.3 Å². The second-order valence-electron chi connectivity index (χ2n) is 4.19. The van der Waals surface area contributed by atoms with E-state index in [4.69, 9.17) is 5.73 Å². The number of nitrogens with one attached hydrogen (secondary N) is 1. The zero-order chi connectivity index (χ0) is 14.2. The molecule has 3 N–H and O–H groups in total. The molecule has 0 atom stereocenters. The Morgan fingerprint density at radius 1 is 1.45 bits per heavy atom. The molecule has 0 aliphatic carbocycles. The maximum atomic E-state index is 11.8. The van der Waals surface area contributed by atoms with Gasteiger partial charge in [-0.2, -0.15) is 0 Å². The number of rotatable bonds is 4. The fourth-order valence-electron chi connectivity index (χ4n) is 1.70. The average molecular weight is 268 g/mol. The minimum atomic E-state index is -0.0392. The quantitative estimate of drug-likeness (QED) is 0.819. The van der Waals surface area contributed by atoms with Crippen LogP contribution in [-0.4, -0.2) is 22.0 Å². The molecule has 1 amide bonds. The van der Waals surface area contributed by atoms with Gasteiger partial charge in [0.05, 0.1) is 12.9 Å². The summed E-state index contributed by atoms with van der Waals surface area (Å²) in [5.41, 5.74) is 6.91. The molecule has 102 valence electrons. The zero-order valence-electron chi connectivity index (χ0n) is 11.0. The molecule has 0 aliphatic heterocycles. The summed E-state index contributed by atoms with van der Waals surface area (Å²) in [7, 11) is 0. The number of benzene rings is 1. The summed E-state index contributed by atoms with van der Waals surface area (Å²) in [5.74, 6) is 5.68. The van der Waals surface area contributed by atoms with Gasteiger partial charge in [-0.25, -0.2) is 4.98 Å². The summed E-state index contributed by atoms with van der Waals surface area (Å²) in [6, 6.07) is 7.40. The predicted octanol–water partition coefficient (Wildman–Crippen LogP) is 1.22. The number of aryl methyl sites for hydroxylation is 1. The van der Waals surface area contributed by atoms with Crippen LogP contribution in [0.25, 0.3) is 0 Å². The summed E-state index contributed by atoms with van der Waals surface area (Å²) in [6.45, 7) is 0.931. The van der Waals surface area contributed by atoms with E-state index in [1.807, 2.05) is 35.0 Å². The van der Waals surface area contributed by atoms with Crippen molar-refractivity contribution in [1.82, 2.24) is 9.55 Å². The van der Waals surface area contributed by atoms with Crippen LogP contribution in [0.3, 0.4) is 0 Å². The molecule has 2 aromatic rings. The lowest BCUT2D eigenvalue weighted by Gasteiger charge is -2.06. The number of aromatic nitrogens is 2. The minimum absolute atomic E-state index is 0.0392. The Kier molecular flexibility index (Phi) is 4.93. The first-order valence-corrected chi connectivity index (χ1v) is 6.32. The summed E-state index contributed by atoms with van der Waals surface area (Å²) < 4.78 is 1.86. The van der Waals surface area contributed by atoms with Crippen molar-refractivity contribution >= 4 is 11.6 Å². The summed E-state index contributed by atoms with van der Waals surface area (Å²) >= 11 is 0. The van der Waals surface area contributed by atoms with Crippen LogP contribution in [0.5, 0.6) is 0 Å². The van der Waals surface area contributed by atoms with Crippen molar-refractivity contribution in [3.05, 3.63) is 48.5 Å². The van der Waals surface area contributed by atoms with Gasteiger partial charge < -0.3 is 15.6 Å². The van der Waals surface area contributed by atoms with Crippen LogP contribution in [0.2, 0.25) is 0 Å². The first-order valence-electron chi connectivity index (χ1n) is 6.32. The van der Waals surface area contributed by atoms with E-state index in [0.29, 0.717) is 19.5 Å². The Morgan fingerprint density at radius 3 is 3.10 bits per heavy atom. The normalized spacial score (nSPS) is 9.65. The van der Waals surface area contributed by atoms with Gasteiger partial charge in [-0.05, 0) is 18.2 Å². The van der Waals surface area contributed by atoms with Crippen LogP contribution in [0.1, 0.15) is 12.0 Å². The number of hydrogen-bond donors (Lipinski definition) is 2. The smallest absolute Gasteiger partial charge is 0.226 e. The molecule has 0 aliphatic rings. The van der Waals surface area contributed by atoms with Gasteiger partial charge in [-0.15, -0.1) is 0 Å². The molecule has 5 heteroatoms. The Bertz CT molecular complexity index is 623. The molecule has 1 aromatic carbocycles. The van der Waals surface area contributed by atoms with Crippen LogP contribution in [0, 0.1) is 11.8 Å². The average Bonchev–Trinajstić information content (AvgIpc) is 2.97. The molecule has 5 nitrogen and oxygen atoms in total. The zero-order valence-corrected chi connectivity index (χ0v) is 11.0. The van der Waals surface area contributed by atoms with Crippen molar-refractivity contribution in [3.63, 3.8) is 0 Å². The van der Waals surface area contributed by atoms with E-state index in [9.17, 15) is 4.79 Å². The molecular formula is C15H16N4O. The van der Waals surface area contributed by atoms with Crippen LogP contribution in [0.4, 0.5) is 5.69 Å². The number of carbonyl (C=O) groups is 1. The standard InChI is InChI=1S/C15H16N4O/c16-7-2-4-13-3-1-5-14(11-13)18-15(20)6-9-19-10-8-17-12-19/h1,3,5,8,10-12H,6-7,9,16H2,(H,18,20). The number of nitrogens with zero attached hydrogens (tertiary/aromatic N) is 2. The third-order valence-corrected chi connectivity index (χ3v) is 2.64. The number of anilines is 1. The highest BCUT2D eigenvalue weighted by Gasteiger charge is 2.03. The molecule has 0 saturated carbocycles. The molecule has 1 heterocycles. The maximum Gasteiger partial charge on any atom is 0.226 e. The number of imidazole rings is 1. The van der Waals surface area contributed by atoms with Crippen molar-refractivity contribution < 1.29 is 4.79 Å². The molecule has 2 rings (SSSR count). The largest absolute Gasteiger partial charge is 0.337 e. The van der Waals surface area contributed by atoms with Gasteiger partial charge in [0.2, 0.25) is 5.91 Å². The second kappa shape index (κ2) is 7.12. The molecule has 0 unspecified atom stereocenters. The molecule has 1 aromatic heterocycles. The van der Waals surface area contributed by atoms with Gasteiger partial charge in [-0.3, -0.25) is 4.79 Å². The Balaban J connectivity index is 1.90. The van der Waals surface area contributed by atoms with E-state index >= 15 is 0 Å². The number of nitrogens with two attached hydrogens (primary N) is 1. The summed E-state index contributed by atoms with van der Waals surface area (Å²) in [4.78, 5) is 15.8. The van der Waals surface area contributed by atoms with E-state index < -0.39 is 0 Å². The van der Waals surface area contributed by atoms with E-state index in [0.717, 1.165) is 11.3 Å². The van der Waals surface area contributed by atoms with Gasteiger partial charge in [0, 0.05) is 36.6 Å². The van der Waals surface area contributed by atoms with Crippen LogP contribution >= 0.6 is 0 Å². The lowest BCUT2D eigenvalue weighted by atomic mass is 10.2. The van der Waals surface area contributed by atoms with Gasteiger partial charge in [0.15, 0.2) is 0 Å². The van der Waals surface area contributed by atoms with E-state index in [1.165, 1.54) is 0 Å². The first-order chi connectivity index (χ1) is 9.78. The van der Waals surface area contributed by atoms with Gasteiger partial charge in [0.1, 0.15) is 0 Å².